The third kappa shape index (κ3) is 7.04. The average Bonchev–Trinajstić information content (AvgIpc) is 3.52. The maximum atomic E-state index is 12.0. The van der Waals surface area contributed by atoms with Crippen molar-refractivity contribution in [2.24, 2.45) is 40.7 Å². The lowest BCUT2D eigenvalue weighted by molar-refractivity contribution is -0.108. The van der Waals surface area contributed by atoms with Gasteiger partial charge in [-0.2, -0.15) is 0 Å². The molecule has 2 heterocycles. The first-order chi connectivity index (χ1) is 25.6. The Morgan fingerprint density at radius 3 is 2.70 bits per heavy atom. The van der Waals surface area contributed by atoms with Gasteiger partial charge in [0.25, 0.3) is 0 Å². The Kier molecular flexibility index (Phi) is 10.2. The molecule has 1 aromatic carbocycles. The molecule has 0 saturated heterocycles. The van der Waals surface area contributed by atoms with Crippen molar-refractivity contribution in [3.63, 3.8) is 0 Å². The van der Waals surface area contributed by atoms with Gasteiger partial charge in [-0.25, -0.2) is 0 Å². The standard InChI is InChI=1S/C44H57N3O6/c1-2-44-14-3-5-25(11-15-44)41(51)40-29(12-16-44)19-26-7-8-27-20-36(49)38(24-34(27)33(26)23-37(40)50)53-43-31(9-10-35(48)42(43)52)32(22-30-6-4-17-46-30)28-13-18-47-39(45)21-28/h4,6,13,17,19-21,24-25,29,31-33,35,37,40-43,46-52H,2-3,5,7-11,14-15,18,22-23,45H2,1H3/t25-,29-,31+,32+,33+,35+,37+,40+,41-,42-,43-,44+/m0/s1. The van der Waals surface area contributed by atoms with Crippen LogP contribution in [0.2, 0.25) is 0 Å². The van der Waals surface area contributed by atoms with Crippen LogP contribution in [0.1, 0.15) is 93.9 Å². The zero-order valence-corrected chi connectivity index (χ0v) is 30.9. The van der Waals surface area contributed by atoms with Crippen LogP contribution in [0.5, 0.6) is 11.5 Å². The third-order valence-electron chi connectivity index (χ3n) is 14.0. The lowest BCUT2D eigenvalue weighted by Gasteiger charge is -2.43. The number of aliphatic hydroxyl groups is 4. The number of aromatic nitrogens is 1. The summed E-state index contributed by atoms with van der Waals surface area (Å²) in [5.74, 6) is 7.36. The lowest BCUT2D eigenvalue weighted by Crippen LogP contribution is -2.52. The van der Waals surface area contributed by atoms with Crippen LogP contribution >= 0.6 is 0 Å². The quantitative estimate of drug-likeness (QED) is 0.145. The van der Waals surface area contributed by atoms with E-state index in [2.05, 4.69) is 41.2 Å². The average molecular weight is 724 g/mol. The highest BCUT2D eigenvalue weighted by Gasteiger charge is 2.46. The summed E-state index contributed by atoms with van der Waals surface area (Å²) in [6, 6.07) is 7.71. The van der Waals surface area contributed by atoms with Crippen molar-refractivity contribution in [3.05, 3.63) is 82.5 Å². The molecule has 9 N–H and O–H groups in total. The van der Waals surface area contributed by atoms with Gasteiger partial charge in [0.1, 0.15) is 12.2 Å². The molecule has 5 aliphatic carbocycles. The molecule has 0 unspecified atom stereocenters. The number of nitrogens with one attached hydrogen (secondary N) is 2. The molecule has 0 spiro atoms. The van der Waals surface area contributed by atoms with Crippen LogP contribution < -0.4 is 15.8 Å². The fourth-order valence-corrected chi connectivity index (χ4v) is 10.8. The Bertz CT molecular complexity index is 1810. The van der Waals surface area contributed by atoms with Crippen LogP contribution in [0.3, 0.4) is 0 Å². The second-order valence-corrected chi connectivity index (χ2v) is 16.9. The molecule has 2 bridgehead atoms. The smallest absolute Gasteiger partial charge is 0.161 e. The van der Waals surface area contributed by atoms with Crippen molar-refractivity contribution >= 4 is 0 Å². The summed E-state index contributed by atoms with van der Waals surface area (Å²) in [6.45, 7) is 2.83. The SMILES string of the molecule is CC[C@@]12C#C[C@H]3C=C4CCc5cc(O)c(O[C@@H]6[C@@H](O)[C@H](O)CC[C@@H]6[C@H](Cc6ccc[nH]6)C6=CCNC(N)=C6)cc5[C@@H]4C[C@@H](O)[C@@H]3[C@@H](O)[C@@H](CCC1)CC2. The molecule has 1 aliphatic heterocycles. The maximum absolute atomic E-state index is 12.0. The number of nitrogens with two attached hydrogens (primary N) is 1. The van der Waals surface area contributed by atoms with Crippen molar-refractivity contribution in [2.45, 2.75) is 120 Å². The molecule has 12 atom stereocenters. The molecule has 2 fully saturated rings. The molecule has 6 aliphatic rings. The predicted molar refractivity (Wildman–Crippen MR) is 203 cm³/mol. The number of aryl methyl sites for hydroxylation is 1. The van der Waals surface area contributed by atoms with Crippen molar-refractivity contribution in [3.8, 4) is 23.3 Å². The molecule has 0 amide bonds. The number of aliphatic hydroxyl groups excluding tert-OH is 4. The number of dihydropyridines is 1. The Balaban J connectivity index is 1.13. The number of phenolic OH excluding ortho intramolecular Hbond substituents is 1. The normalized spacial score (nSPS) is 37.1. The van der Waals surface area contributed by atoms with Gasteiger partial charge >= 0.3 is 0 Å². The largest absolute Gasteiger partial charge is 0.504 e. The number of phenols is 1. The van der Waals surface area contributed by atoms with Gasteiger partial charge in [0, 0.05) is 47.5 Å². The van der Waals surface area contributed by atoms with Gasteiger partial charge in [0.2, 0.25) is 0 Å². The lowest BCUT2D eigenvalue weighted by atomic mass is 9.70. The van der Waals surface area contributed by atoms with Crippen LogP contribution in [0, 0.1) is 46.8 Å². The van der Waals surface area contributed by atoms with Crippen LogP contribution in [0.25, 0.3) is 0 Å². The summed E-state index contributed by atoms with van der Waals surface area (Å²) in [5, 5.41) is 61.1. The Hall–Kier alpha value is -3.68. The number of ether oxygens (including phenoxy) is 1. The number of benzene rings is 1. The number of rotatable bonds is 7. The van der Waals surface area contributed by atoms with Crippen LogP contribution in [0.4, 0.5) is 0 Å². The molecular weight excluding hydrogens is 666 g/mol. The van der Waals surface area contributed by atoms with E-state index < -0.39 is 30.5 Å². The van der Waals surface area contributed by atoms with Gasteiger partial charge in [0.15, 0.2) is 11.5 Å². The minimum atomic E-state index is -1.17. The molecule has 2 aromatic rings. The summed E-state index contributed by atoms with van der Waals surface area (Å²) in [4.78, 5) is 3.33. The van der Waals surface area contributed by atoms with Gasteiger partial charge < -0.3 is 46.3 Å². The molecule has 0 radical (unpaired) electrons. The number of aromatic hydroxyl groups is 1. The first-order valence-electron chi connectivity index (χ1n) is 20.1. The fourth-order valence-electron chi connectivity index (χ4n) is 10.8. The highest BCUT2D eigenvalue weighted by molar-refractivity contribution is 5.52. The molecule has 1 aromatic heterocycles. The fraction of sp³-hybridized carbons (Fsp3) is 0.591. The van der Waals surface area contributed by atoms with Crippen molar-refractivity contribution in [1.82, 2.24) is 10.3 Å². The van der Waals surface area contributed by atoms with Gasteiger partial charge in [-0.15, -0.1) is 0 Å². The first-order valence-corrected chi connectivity index (χ1v) is 20.1. The van der Waals surface area contributed by atoms with Crippen molar-refractivity contribution in [1.29, 1.82) is 0 Å². The minimum absolute atomic E-state index is 0.00109. The molecular formula is C44H57N3O6. The second-order valence-electron chi connectivity index (χ2n) is 16.9. The van der Waals surface area contributed by atoms with E-state index in [4.69, 9.17) is 10.5 Å². The molecule has 2 saturated carbocycles. The van der Waals surface area contributed by atoms with Crippen LogP contribution in [-0.4, -0.2) is 67.6 Å². The number of fused-ring (bicyclic) bond motifs is 7. The van der Waals surface area contributed by atoms with Gasteiger partial charge in [-0.3, -0.25) is 0 Å². The zero-order valence-electron chi connectivity index (χ0n) is 30.9. The Morgan fingerprint density at radius 2 is 1.91 bits per heavy atom. The summed E-state index contributed by atoms with van der Waals surface area (Å²) in [7, 11) is 0. The monoisotopic (exact) mass is 723 g/mol. The van der Waals surface area contributed by atoms with E-state index >= 15 is 0 Å². The van der Waals surface area contributed by atoms with E-state index in [9.17, 15) is 25.5 Å². The predicted octanol–water partition coefficient (Wildman–Crippen LogP) is 5.10. The summed E-state index contributed by atoms with van der Waals surface area (Å²) in [5.41, 5.74) is 11.5. The summed E-state index contributed by atoms with van der Waals surface area (Å²) in [6.07, 6.45) is 13.7. The summed E-state index contributed by atoms with van der Waals surface area (Å²) < 4.78 is 6.72. The number of aromatic amines is 1. The van der Waals surface area contributed by atoms with E-state index in [1.54, 1.807) is 6.07 Å². The number of H-pyrrole nitrogens is 1. The third-order valence-corrected chi connectivity index (χ3v) is 14.0. The van der Waals surface area contributed by atoms with E-state index in [-0.39, 0.29) is 52.4 Å². The van der Waals surface area contributed by atoms with E-state index in [1.807, 2.05) is 30.5 Å². The highest BCUT2D eigenvalue weighted by Crippen LogP contribution is 2.50. The topological polar surface area (TPSA) is 164 Å². The van der Waals surface area contributed by atoms with Gasteiger partial charge in [0.05, 0.1) is 24.1 Å². The Morgan fingerprint density at radius 1 is 1.04 bits per heavy atom. The van der Waals surface area contributed by atoms with E-state index in [0.717, 1.165) is 73.8 Å². The van der Waals surface area contributed by atoms with Crippen LogP contribution in [-0.2, 0) is 12.8 Å². The van der Waals surface area contributed by atoms with E-state index in [0.29, 0.717) is 38.0 Å². The van der Waals surface area contributed by atoms with Crippen molar-refractivity contribution in [2.75, 3.05) is 6.54 Å². The highest BCUT2D eigenvalue weighted by atomic mass is 16.5. The number of hydrogen-bond donors (Lipinski definition) is 8. The second kappa shape index (κ2) is 14.9. The van der Waals surface area contributed by atoms with Crippen LogP contribution in [0.15, 0.2) is 65.7 Å². The number of allylic oxidation sites excluding steroid dienone is 4. The first kappa shape index (κ1) is 36.3. The molecule has 284 valence electrons. The Labute approximate surface area is 313 Å². The van der Waals surface area contributed by atoms with Crippen molar-refractivity contribution < 1.29 is 30.3 Å². The molecule has 9 nitrogen and oxygen atoms in total. The minimum Gasteiger partial charge on any atom is -0.504 e. The van der Waals surface area contributed by atoms with Gasteiger partial charge in [-0.1, -0.05) is 42.9 Å². The zero-order chi connectivity index (χ0) is 36.9. The molecule has 8 rings (SSSR count). The van der Waals surface area contributed by atoms with E-state index in [1.165, 1.54) is 5.57 Å². The number of hydrogen-bond acceptors (Lipinski definition) is 8. The summed E-state index contributed by atoms with van der Waals surface area (Å²) >= 11 is 0. The molecule has 9 heteroatoms. The molecule has 53 heavy (non-hydrogen) atoms. The maximum Gasteiger partial charge on any atom is 0.161 e. The van der Waals surface area contributed by atoms with Gasteiger partial charge in [-0.05, 0) is 130 Å².